The summed E-state index contributed by atoms with van der Waals surface area (Å²) in [6.07, 6.45) is 2.10. The summed E-state index contributed by atoms with van der Waals surface area (Å²) in [6, 6.07) is 63.5. The molecule has 6 nitrogen and oxygen atoms in total. The monoisotopic (exact) mass is 873 g/mol. The third-order valence-corrected chi connectivity index (χ3v) is 10.1. The molecule has 5 heterocycles. The van der Waals surface area contributed by atoms with Crippen LogP contribution in [0, 0.1) is 12.1 Å². The Morgan fingerprint density at radius 3 is 1.98 bits per heavy atom. The average molecular weight is 874 g/mol. The van der Waals surface area contributed by atoms with Gasteiger partial charge in [-0.15, -0.1) is 23.6 Å². The number of hydrogen-bond acceptors (Lipinski definition) is 3. The molecule has 7 heteroatoms. The van der Waals surface area contributed by atoms with Gasteiger partial charge in [0, 0.05) is 43.9 Å². The quantitative estimate of drug-likeness (QED) is 0.154. The van der Waals surface area contributed by atoms with E-state index in [0.29, 0.717) is 16.8 Å². The van der Waals surface area contributed by atoms with Gasteiger partial charge >= 0.3 is 0 Å². The summed E-state index contributed by atoms with van der Waals surface area (Å²) in [5.74, 6) is 0. The number of nitrogens with zero attached hydrogens (tertiary/aromatic N) is 5. The van der Waals surface area contributed by atoms with E-state index < -0.39 is 0 Å². The van der Waals surface area contributed by atoms with Crippen LogP contribution in [-0.4, -0.2) is 23.5 Å². The van der Waals surface area contributed by atoms with Crippen molar-refractivity contribution < 1.29 is 25.5 Å². The molecule has 0 saturated carbocycles. The summed E-state index contributed by atoms with van der Waals surface area (Å²) in [5.41, 5.74) is 10.1. The smallest absolute Gasteiger partial charge is 0.136 e. The van der Waals surface area contributed by atoms with Gasteiger partial charge in [-0.2, -0.15) is 6.07 Å². The topological polar surface area (TPSA) is 53.2 Å². The number of pyridine rings is 2. The van der Waals surface area contributed by atoms with Crippen molar-refractivity contribution in [3.63, 3.8) is 0 Å². The normalized spacial score (nSPS) is 11.6. The van der Waals surface area contributed by atoms with Crippen molar-refractivity contribution in [2.45, 2.75) is 0 Å². The SMILES string of the molecule is [Pt].[c-]1c2cc(-c3ccccc3)nc1n1[cH-]n(c3ccccc3c3ccccc3c3cccc(n3)n3c4[c-]c(ccc4c4ccccc43)o2)-c2ccccc2-1. The number of para-hydroxylation sites is 4. The molecule has 1 aliphatic heterocycles. The first-order valence-electron chi connectivity index (χ1n) is 17.6. The minimum absolute atomic E-state index is 0. The molecule has 0 N–H and O–H groups in total. The van der Waals surface area contributed by atoms with Gasteiger partial charge in [0.1, 0.15) is 5.65 Å². The summed E-state index contributed by atoms with van der Waals surface area (Å²) in [5, 5.41) is 5.39. The Hall–Kier alpha value is -6.62. The number of aromatic nitrogens is 5. The maximum Gasteiger partial charge on any atom is 0.136 e. The zero-order valence-corrected chi connectivity index (χ0v) is 30.9. The third-order valence-electron chi connectivity index (χ3n) is 10.1. The maximum atomic E-state index is 6.70. The number of benzene rings is 6. The van der Waals surface area contributed by atoms with E-state index in [4.69, 9.17) is 14.4 Å². The van der Waals surface area contributed by atoms with E-state index in [0.717, 1.165) is 77.3 Å². The van der Waals surface area contributed by atoms with E-state index in [1.165, 1.54) is 0 Å². The van der Waals surface area contributed by atoms with Crippen LogP contribution in [0.15, 0.2) is 175 Å². The predicted octanol–water partition coefficient (Wildman–Crippen LogP) is 11.5. The molecule has 0 aliphatic carbocycles. The summed E-state index contributed by atoms with van der Waals surface area (Å²) < 4.78 is 13.2. The first kappa shape index (κ1) is 32.1. The van der Waals surface area contributed by atoms with Crippen molar-refractivity contribution in [1.82, 2.24) is 23.5 Å². The van der Waals surface area contributed by atoms with Gasteiger partial charge in [-0.25, -0.2) is 11.1 Å². The van der Waals surface area contributed by atoms with Crippen LogP contribution in [0.3, 0.4) is 0 Å². The van der Waals surface area contributed by atoms with Crippen molar-refractivity contribution in [3.8, 4) is 22.6 Å². The van der Waals surface area contributed by atoms with Crippen LogP contribution in [0.25, 0.3) is 94.1 Å². The fourth-order valence-corrected chi connectivity index (χ4v) is 7.68. The molecule has 0 spiro atoms. The van der Waals surface area contributed by atoms with Gasteiger partial charge < -0.3 is 22.9 Å². The number of fused-ring (bicyclic) bond motifs is 20. The zero-order chi connectivity index (χ0) is 34.9. The molecule has 10 aromatic rings. The van der Waals surface area contributed by atoms with E-state index in [1.54, 1.807) is 0 Å². The standard InChI is InChI=1S/C47H28N5O.Pt/c1-2-13-31(14-3-1)40-27-33-29-47(49-40)51-30-50(43-22-10-11-23-44(43)51)41-20-8-6-17-36(41)34-15-4-5-16-35(34)39-19-12-24-46(48-39)52-42-21-9-7-18-37(42)38-26-25-32(53-33)28-45(38)52;/h1-27,30H;/q-3;. The van der Waals surface area contributed by atoms with Gasteiger partial charge in [-0.3, -0.25) is 0 Å². The second-order valence-electron chi connectivity index (χ2n) is 13.1. The first-order valence-corrected chi connectivity index (χ1v) is 17.6. The van der Waals surface area contributed by atoms with Crippen LogP contribution >= 0.6 is 0 Å². The van der Waals surface area contributed by atoms with E-state index in [-0.39, 0.29) is 21.1 Å². The van der Waals surface area contributed by atoms with Gasteiger partial charge in [-0.05, 0) is 73.7 Å². The number of hydrogen-bond donors (Lipinski definition) is 0. The van der Waals surface area contributed by atoms with Crippen LogP contribution in [0.5, 0.6) is 0 Å². The van der Waals surface area contributed by atoms with Crippen LogP contribution in [0.4, 0.5) is 0 Å². The van der Waals surface area contributed by atoms with Crippen molar-refractivity contribution >= 4 is 71.5 Å². The summed E-state index contributed by atoms with van der Waals surface area (Å²) in [7, 11) is 0. The number of imidazole rings is 1. The second-order valence-corrected chi connectivity index (χ2v) is 13.1. The average Bonchev–Trinajstić information content (AvgIpc) is 3.77. The minimum atomic E-state index is 0. The molecular formula is C47H28N5OPt-3. The van der Waals surface area contributed by atoms with Crippen LogP contribution in [0.1, 0.15) is 0 Å². The fourth-order valence-electron chi connectivity index (χ4n) is 7.68. The van der Waals surface area contributed by atoms with E-state index in [2.05, 4.69) is 165 Å². The molecule has 0 atom stereocenters. The Morgan fingerprint density at radius 1 is 0.500 bits per heavy atom. The minimum Gasteiger partial charge on any atom is -0.522 e. The molecule has 0 unspecified atom stereocenters. The van der Waals surface area contributed by atoms with Crippen molar-refractivity contribution in [3.05, 3.63) is 182 Å². The van der Waals surface area contributed by atoms with E-state index in [1.807, 2.05) is 30.3 Å². The van der Waals surface area contributed by atoms with E-state index in [9.17, 15) is 0 Å². The number of rotatable bonds is 1. The third kappa shape index (κ3) is 5.10. The Kier molecular flexibility index (Phi) is 7.60. The summed E-state index contributed by atoms with van der Waals surface area (Å²) >= 11 is 0. The predicted molar refractivity (Wildman–Crippen MR) is 214 cm³/mol. The Bertz CT molecular complexity index is 3310. The molecule has 4 aromatic heterocycles. The molecule has 0 saturated heterocycles. The Balaban J connectivity index is 0.00000361. The zero-order valence-electron chi connectivity index (χ0n) is 28.6. The molecule has 260 valence electrons. The van der Waals surface area contributed by atoms with E-state index >= 15 is 0 Å². The molecular weight excluding hydrogens is 846 g/mol. The van der Waals surface area contributed by atoms with Gasteiger partial charge in [-0.1, -0.05) is 133 Å². The van der Waals surface area contributed by atoms with Crippen LogP contribution in [0.2, 0.25) is 0 Å². The molecule has 6 aromatic carbocycles. The molecule has 54 heavy (non-hydrogen) atoms. The van der Waals surface area contributed by atoms with Gasteiger partial charge in [0.25, 0.3) is 0 Å². The molecule has 1 aliphatic rings. The van der Waals surface area contributed by atoms with Gasteiger partial charge in [0.05, 0.1) is 5.52 Å². The summed E-state index contributed by atoms with van der Waals surface area (Å²) in [6.45, 7) is 0. The Labute approximate surface area is 323 Å². The first-order chi connectivity index (χ1) is 26.3. The summed E-state index contributed by atoms with van der Waals surface area (Å²) in [4.78, 5) is 10.5. The molecule has 8 bridgehead atoms. The van der Waals surface area contributed by atoms with Crippen LogP contribution in [-0.2, 0) is 21.1 Å². The largest absolute Gasteiger partial charge is 0.522 e. The fraction of sp³-hybridized carbons (Fsp3) is 0. The van der Waals surface area contributed by atoms with Crippen molar-refractivity contribution in [2.75, 3.05) is 0 Å². The molecule has 0 amide bonds. The molecule has 11 rings (SSSR count). The molecule has 0 fully saturated rings. The molecule has 0 radical (unpaired) electrons. The van der Waals surface area contributed by atoms with Gasteiger partial charge in [0.2, 0.25) is 0 Å². The van der Waals surface area contributed by atoms with Gasteiger partial charge in [0.15, 0.2) is 0 Å². The Morgan fingerprint density at radius 2 is 1.17 bits per heavy atom. The maximum absolute atomic E-state index is 6.70. The second kappa shape index (κ2) is 12.8. The van der Waals surface area contributed by atoms with Crippen molar-refractivity contribution in [2.24, 2.45) is 0 Å². The van der Waals surface area contributed by atoms with Crippen molar-refractivity contribution in [1.29, 1.82) is 0 Å². The van der Waals surface area contributed by atoms with Crippen LogP contribution < -0.4 is 0 Å².